The molecule has 0 aromatic carbocycles. The molecule has 0 saturated heterocycles. The fraction of sp³-hybridized carbons (Fsp3) is 0.100. The number of nitriles is 1. The van der Waals surface area contributed by atoms with Crippen LogP contribution in [-0.2, 0) is 7.05 Å². The van der Waals surface area contributed by atoms with E-state index in [0.717, 1.165) is 5.56 Å². The van der Waals surface area contributed by atoms with Crippen molar-refractivity contribution in [2.75, 3.05) is 0 Å². The van der Waals surface area contributed by atoms with Crippen molar-refractivity contribution >= 4 is 0 Å². The average molecular weight is 184 g/mol. The Labute approximate surface area is 81.4 Å². The number of aromatic nitrogens is 3. The van der Waals surface area contributed by atoms with Gasteiger partial charge in [-0.1, -0.05) is 0 Å². The third-order valence-electron chi connectivity index (χ3n) is 1.91. The summed E-state index contributed by atoms with van der Waals surface area (Å²) in [5, 5.41) is 12.9. The molecular formula is C10H8N4. The van der Waals surface area contributed by atoms with E-state index in [2.05, 4.69) is 16.2 Å². The first-order valence-corrected chi connectivity index (χ1v) is 4.15. The van der Waals surface area contributed by atoms with Crippen molar-refractivity contribution in [3.8, 4) is 17.3 Å². The lowest BCUT2D eigenvalue weighted by Crippen LogP contribution is -1.87. The Morgan fingerprint density at radius 3 is 3.00 bits per heavy atom. The van der Waals surface area contributed by atoms with Crippen molar-refractivity contribution in [3.05, 3.63) is 36.3 Å². The predicted octanol–water partition coefficient (Wildman–Crippen LogP) is 1.35. The molecular weight excluding hydrogens is 176 g/mol. The van der Waals surface area contributed by atoms with Crippen LogP contribution in [-0.4, -0.2) is 14.8 Å². The van der Waals surface area contributed by atoms with E-state index in [1.54, 1.807) is 29.2 Å². The van der Waals surface area contributed by atoms with Crippen molar-refractivity contribution in [2.24, 2.45) is 7.05 Å². The van der Waals surface area contributed by atoms with Crippen molar-refractivity contribution in [3.63, 3.8) is 0 Å². The predicted molar refractivity (Wildman–Crippen MR) is 51.2 cm³/mol. The minimum absolute atomic E-state index is 0.570. The van der Waals surface area contributed by atoms with Crippen LogP contribution in [0, 0.1) is 11.3 Å². The highest BCUT2D eigenvalue weighted by Crippen LogP contribution is 2.18. The molecule has 0 saturated carbocycles. The molecule has 0 N–H and O–H groups in total. The van der Waals surface area contributed by atoms with Crippen LogP contribution < -0.4 is 0 Å². The van der Waals surface area contributed by atoms with E-state index in [9.17, 15) is 0 Å². The molecule has 0 bridgehead atoms. The van der Waals surface area contributed by atoms with E-state index in [4.69, 9.17) is 5.26 Å². The summed E-state index contributed by atoms with van der Waals surface area (Å²) in [6.07, 6.45) is 5.20. The van der Waals surface area contributed by atoms with Crippen LogP contribution in [0.2, 0.25) is 0 Å². The van der Waals surface area contributed by atoms with Gasteiger partial charge in [0.15, 0.2) is 0 Å². The van der Waals surface area contributed by atoms with Crippen molar-refractivity contribution in [1.29, 1.82) is 5.26 Å². The van der Waals surface area contributed by atoms with Gasteiger partial charge in [0, 0.05) is 25.0 Å². The second-order valence-corrected chi connectivity index (χ2v) is 2.91. The van der Waals surface area contributed by atoms with Crippen LogP contribution >= 0.6 is 0 Å². The molecule has 0 spiro atoms. The van der Waals surface area contributed by atoms with Crippen molar-refractivity contribution in [2.45, 2.75) is 0 Å². The number of rotatable bonds is 1. The minimum atomic E-state index is 0.570. The van der Waals surface area contributed by atoms with Crippen molar-refractivity contribution in [1.82, 2.24) is 14.8 Å². The molecule has 0 unspecified atom stereocenters. The Morgan fingerprint density at radius 1 is 1.50 bits per heavy atom. The van der Waals surface area contributed by atoms with E-state index >= 15 is 0 Å². The summed E-state index contributed by atoms with van der Waals surface area (Å²) in [5.41, 5.74) is 2.12. The summed E-state index contributed by atoms with van der Waals surface area (Å²) in [6.45, 7) is 0. The first kappa shape index (κ1) is 8.45. The van der Waals surface area contributed by atoms with E-state index < -0.39 is 0 Å². The summed E-state index contributed by atoms with van der Waals surface area (Å²) >= 11 is 0. The first-order valence-electron chi connectivity index (χ1n) is 4.15. The highest BCUT2D eigenvalue weighted by atomic mass is 15.2. The SMILES string of the molecule is Cn1cc(-c2ncccc2C#N)cn1. The fourth-order valence-corrected chi connectivity index (χ4v) is 1.27. The molecule has 4 nitrogen and oxygen atoms in total. The molecule has 0 aliphatic heterocycles. The van der Waals surface area contributed by atoms with Crippen LogP contribution in [0.3, 0.4) is 0 Å². The van der Waals surface area contributed by atoms with Gasteiger partial charge in [0.25, 0.3) is 0 Å². The Bertz CT molecular complexity index is 493. The van der Waals surface area contributed by atoms with Gasteiger partial charge in [0.05, 0.1) is 17.5 Å². The monoisotopic (exact) mass is 184 g/mol. The maximum absolute atomic E-state index is 8.87. The van der Waals surface area contributed by atoms with Crippen LogP contribution in [0.4, 0.5) is 0 Å². The molecule has 0 aliphatic carbocycles. The van der Waals surface area contributed by atoms with Gasteiger partial charge < -0.3 is 0 Å². The first-order chi connectivity index (χ1) is 6.81. The topological polar surface area (TPSA) is 54.5 Å². The van der Waals surface area contributed by atoms with E-state index in [1.807, 2.05) is 13.2 Å². The summed E-state index contributed by atoms with van der Waals surface area (Å²) in [4.78, 5) is 4.16. The summed E-state index contributed by atoms with van der Waals surface area (Å²) < 4.78 is 1.69. The van der Waals surface area contributed by atoms with Crippen LogP contribution in [0.15, 0.2) is 30.7 Å². The Kier molecular flexibility index (Phi) is 1.99. The van der Waals surface area contributed by atoms with Gasteiger partial charge in [-0.05, 0) is 12.1 Å². The Hall–Kier alpha value is -2.15. The van der Waals surface area contributed by atoms with Gasteiger partial charge in [-0.15, -0.1) is 0 Å². The van der Waals surface area contributed by atoms with E-state index in [-0.39, 0.29) is 0 Å². The molecule has 68 valence electrons. The van der Waals surface area contributed by atoms with Gasteiger partial charge in [-0.2, -0.15) is 10.4 Å². The molecule has 2 aromatic heterocycles. The summed E-state index contributed by atoms with van der Waals surface area (Å²) in [7, 11) is 1.83. The minimum Gasteiger partial charge on any atom is -0.275 e. The normalized spacial score (nSPS) is 9.71. The zero-order valence-corrected chi connectivity index (χ0v) is 7.68. The molecule has 0 atom stereocenters. The third-order valence-corrected chi connectivity index (χ3v) is 1.91. The van der Waals surface area contributed by atoms with Crippen LogP contribution in [0.25, 0.3) is 11.3 Å². The Morgan fingerprint density at radius 2 is 2.36 bits per heavy atom. The fourth-order valence-electron chi connectivity index (χ4n) is 1.27. The van der Waals surface area contributed by atoms with Gasteiger partial charge in [-0.3, -0.25) is 9.67 Å². The smallest absolute Gasteiger partial charge is 0.101 e. The molecule has 2 heterocycles. The molecule has 0 amide bonds. The zero-order chi connectivity index (χ0) is 9.97. The quantitative estimate of drug-likeness (QED) is 0.672. The molecule has 0 radical (unpaired) electrons. The standard InChI is InChI=1S/C10H8N4/c1-14-7-9(6-13-14)10-8(5-11)3-2-4-12-10/h2-4,6-7H,1H3. The van der Waals surface area contributed by atoms with Crippen LogP contribution in [0.5, 0.6) is 0 Å². The highest BCUT2D eigenvalue weighted by Gasteiger charge is 2.06. The van der Waals surface area contributed by atoms with Gasteiger partial charge in [0.2, 0.25) is 0 Å². The molecule has 14 heavy (non-hydrogen) atoms. The zero-order valence-electron chi connectivity index (χ0n) is 7.68. The number of pyridine rings is 1. The number of nitrogens with zero attached hydrogens (tertiary/aromatic N) is 4. The van der Waals surface area contributed by atoms with Gasteiger partial charge >= 0.3 is 0 Å². The molecule has 4 heteroatoms. The molecule has 2 rings (SSSR count). The lowest BCUT2D eigenvalue weighted by molar-refractivity contribution is 0.768. The van der Waals surface area contributed by atoms with Gasteiger partial charge in [0.1, 0.15) is 6.07 Å². The number of hydrogen-bond donors (Lipinski definition) is 0. The molecule has 0 fully saturated rings. The lowest BCUT2D eigenvalue weighted by Gasteiger charge is -1.97. The second-order valence-electron chi connectivity index (χ2n) is 2.91. The second kappa shape index (κ2) is 3.30. The maximum Gasteiger partial charge on any atom is 0.101 e. The highest BCUT2D eigenvalue weighted by molar-refractivity contribution is 5.64. The van der Waals surface area contributed by atoms with Gasteiger partial charge in [-0.25, -0.2) is 0 Å². The summed E-state index contributed by atoms with van der Waals surface area (Å²) in [5.74, 6) is 0. The van der Waals surface area contributed by atoms with Crippen molar-refractivity contribution < 1.29 is 0 Å². The van der Waals surface area contributed by atoms with E-state index in [1.165, 1.54) is 0 Å². The largest absolute Gasteiger partial charge is 0.275 e. The Balaban J connectivity index is 2.57. The number of aryl methyl sites for hydroxylation is 1. The average Bonchev–Trinajstić information content (AvgIpc) is 2.65. The molecule has 0 aliphatic rings. The number of hydrogen-bond acceptors (Lipinski definition) is 3. The maximum atomic E-state index is 8.87. The lowest BCUT2D eigenvalue weighted by atomic mass is 10.1. The van der Waals surface area contributed by atoms with E-state index in [0.29, 0.717) is 11.3 Å². The van der Waals surface area contributed by atoms with Crippen LogP contribution in [0.1, 0.15) is 5.56 Å². The summed E-state index contributed by atoms with van der Waals surface area (Å²) in [6, 6.07) is 5.60. The third kappa shape index (κ3) is 1.36. The molecule has 2 aromatic rings.